The molecule has 1 unspecified atom stereocenters. The molecule has 2 aromatic heterocycles. The fourth-order valence-corrected chi connectivity index (χ4v) is 3.76. The van der Waals surface area contributed by atoms with Crippen molar-refractivity contribution < 1.29 is 0 Å². The minimum atomic E-state index is 0.667. The van der Waals surface area contributed by atoms with E-state index < -0.39 is 0 Å². The summed E-state index contributed by atoms with van der Waals surface area (Å²) >= 11 is 5.92. The highest BCUT2D eigenvalue weighted by molar-refractivity contribution is 6.30. The van der Waals surface area contributed by atoms with Gasteiger partial charge in [0.15, 0.2) is 0 Å². The van der Waals surface area contributed by atoms with Crippen molar-refractivity contribution in [2.75, 3.05) is 19.6 Å². The molecule has 0 radical (unpaired) electrons. The summed E-state index contributed by atoms with van der Waals surface area (Å²) < 4.78 is 1.92. The zero-order chi connectivity index (χ0) is 16.4. The van der Waals surface area contributed by atoms with Gasteiger partial charge in [-0.25, -0.2) is 4.98 Å². The van der Waals surface area contributed by atoms with Gasteiger partial charge in [0.25, 0.3) is 0 Å². The molecule has 1 aromatic carbocycles. The lowest BCUT2D eigenvalue weighted by Crippen LogP contribution is -2.38. The number of nitrogens with zero attached hydrogens (tertiary/aromatic N) is 4. The third-order valence-corrected chi connectivity index (χ3v) is 4.97. The fourth-order valence-electron chi connectivity index (χ4n) is 3.60. The van der Waals surface area contributed by atoms with E-state index >= 15 is 0 Å². The minimum absolute atomic E-state index is 0.667. The van der Waals surface area contributed by atoms with Crippen molar-refractivity contribution in [2.45, 2.75) is 25.8 Å². The monoisotopic (exact) mass is 343 g/mol. The van der Waals surface area contributed by atoms with Gasteiger partial charge in [-0.3, -0.25) is 4.68 Å². The molecule has 1 N–H and O–H groups in total. The van der Waals surface area contributed by atoms with Crippen LogP contribution in [-0.2, 0) is 13.0 Å². The van der Waals surface area contributed by atoms with Crippen molar-refractivity contribution in [2.24, 2.45) is 5.92 Å². The van der Waals surface area contributed by atoms with Crippen LogP contribution in [0, 0.1) is 5.92 Å². The Balaban J connectivity index is 1.34. The normalized spacial score (nSPS) is 19.1. The molecular formula is C18H22ClN5. The molecule has 0 saturated carbocycles. The van der Waals surface area contributed by atoms with Crippen molar-refractivity contribution >= 4 is 22.6 Å². The highest BCUT2D eigenvalue weighted by Gasteiger charge is 2.21. The van der Waals surface area contributed by atoms with Gasteiger partial charge in [-0.2, -0.15) is 5.10 Å². The molecule has 1 aliphatic rings. The van der Waals surface area contributed by atoms with E-state index in [2.05, 4.69) is 27.1 Å². The maximum absolute atomic E-state index is 5.92. The summed E-state index contributed by atoms with van der Waals surface area (Å²) in [4.78, 5) is 10.7. The number of piperidine rings is 1. The number of nitrogens with one attached hydrogen (secondary N) is 1. The van der Waals surface area contributed by atoms with E-state index in [-0.39, 0.29) is 0 Å². The molecule has 5 nitrogen and oxygen atoms in total. The highest BCUT2D eigenvalue weighted by atomic mass is 35.5. The smallest absolute Gasteiger partial charge is 0.107 e. The summed E-state index contributed by atoms with van der Waals surface area (Å²) in [5.41, 5.74) is 2.20. The first-order valence-corrected chi connectivity index (χ1v) is 8.98. The van der Waals surface area contributed by atoms with Gasteiger partial charge in [-0.15, -0.1) is 0 Å². The third kappa shape index (κ3) is 3.62. The van der Waals surface area contributed by atoms with Crippen molar-refractivity contribution in [3.63, 3.8) is 0 Å². The van der Waals surface area contributed by atoms with E-state index in [1.807, 2.05) is 23.0 Å². The van der Waals surface area contributed by atoms with Crippen molar-refractivity contribution in [3.8, 4) is 0 Å². The zero-order valence-electron chi connectivity index (χ0n) is 13.7. The summed E-state index contributed by atoms with van der Waals surface area (Å²) in [5.74, 6) is 1.78. The van der Waals surface area contributed by atoms with Crippen LogP contribution in [0.2, 0.25) is 5.02 Å². The first kappa shape index (κ1) is 15.7. The molecule has 24 heavy (non-hydrogen) atoms. The second-order valence-electron chi connectivity index (χ2n) is 6.64. The van der Waals surface area contributed by atoms with E-state index in [9.17, 15) is 0 Å². The Kier molecular flexibility index (Phi) is 4.54. The van der Waals surface area contributed by atoms with Crippen LogP contribution in [0.15, 0.2) is 36.7 Å². The number of benzene rings is 1. The Labute approximate surface area is 146 Å². The first-order valence-electron chi connectivity index (χ1n) is 8.60. The number of fused-ring (bicyclic) bond motifs is 1. The molecule has 3 heterocycles. The average Bonchev–Trinajstić information content (AvgIpc) is 3.18. The Morgan fingerprint density at radius 3 is 3.00 bits per heavy atom. The topological polar surface area (TPSA) is 49.7 Å². The summed E-state index contributed by atoms with van der Waals surface area (Å²) in [6, 6.07) is 8.25. The van der Waals surface area contributed by atoms with E-state index in [1.165, 1.54) is 19.4 Å². The second kappa shape index (κ2) is 6.95. The summed E-state index contributed by atoms with van der Waals surface area (Å²) in [6.07, 6.45) is 7.14. The Hall–Kier alpha value is -1.85. The predicted molar refractivity (Wildman–Crippen MR) is 96.2 cm³/mol. The van der Waals surface area contributed by atoms with Crippen molar-refractivity contribution in [1.82, 2.24) is 24.6 Å². The lowest BCUT2D eigenvalue weighted by molar-refractivity contribution is 0.166. The van der Waals surface area contributed by atoms with Gasteiger partial charge in [-0.05, 0) is 37.4 Å². The van der Waals surface area contributed by atoms with Crippen LogP contribution >= 0.6 is 11.6 Å². The van der Waals surface area contributed by atoms with Crippen LogP contribution in [0.3, 0.4) is 0 Å². The Bertz CT molecular complexity index is 775. The molecule has 1 atom stereocenters. The van der Waals surface area contributed by atoms with Crippen LogP contribution < -0.4 is 0 Å². The molecule has 0 aliphatic carbocycles. The molecule has 4 rings (SSSR count). The van der Waals surface area contributed by atoms with E-state index in [4.69, 9.17) is 16.6 Å². The number of aromatic amines is 1. The van der Waals surface area contributed by atoms with Crippen LogP contribution in [0.25, 0.3) is 11.0 Å². The molecule has 1 aliphatic heterocycles. The molecule has 0 spiro atoms. The van der Waals surface area contributed by atoms with Gasteiger partial charge in [0.05, 0.1) is 28.8 Å². The number of halogens is 1. The number of rotatable bonds is 5. The molecule has 1 saturated heterocycles. The Morgan fingerprint density at radius 1 is 1.25 bits per heavy atom. The molecule has 0 amide bonds. The van der Waals surface area contributed by atoms with Gasteiger partial charge in [-0.1, -0.05) is 23.7 Å². The van der Waals surface area contributed by atoms with Crippen LogP contribution in [0.1, 0.15) is 18.7 Å². The van der Waals surface area contributed by atoms with E-state index in [1.54, 1.807) is 6.20 Å². The maximum atomic E-state index is 5.92. The number of aromatic nitrogens is 4. The quantitative estimate of drug-likeness (QED) is 0.772. The van der Waals surface area contributed by atoms with Crippen LogP contribution in [0.5, 0.6) is 0 Å². The summed E-state index contributed by atoms with van der Waals surface area (Å²) in [5, 5.41) is 4.96. The molecule has 3 aromatic rings. The number of hydrogen-bond acceptors (Lipinski definition) is 3. The van der Waals surface area contributed by atoms with Gasteiger partial charge in [0.1, 0.15) is 5.82 Å². The number of likely N-dealkylation sites (tertiary alicyclic amines) is 1. The lowest BCUT2D eigenvalue weighted by atomic mass is 9.94. The second-order valence-corrected chi connectivity index (χ2v) is 7.07. The van der Waals surface area contributed by atoms with Gasteiger partial charge >= 0.3 is 0 Å². The largest absolute Gasteiger partial charge is 0.342 e. The van der Waals surface area contributed by atoms with Crippen LogP contribution in [-0.4, -0.2) is 44.3 Å². The van der Waals surface area contributed by atoms with E-state index in [0.717, 1.165) is 42.9 Å². The molecule has 6 heteroatoms. The maximum Gasteiger partial charge on any atom is 0.107 e. The van der Waals surface area contributed by atoms with Crippen molar-refractivity contribution in [1.29, 1.82) is 0 Å². The molecule has 0 bridgehead atoms. The van der Waals surface area contributed by atoms with Gasteiger partial charge in [0.2, 0.25) is 0 Å². The number of H-pyrrole nitrogens is 1. The average molecular weight is 344 g/mol. The standard InChI is InChI=1S/C18H22ClN5/c19-15-11-20-24(13-15)9-8-23-7-3-4-14(12-23)10-18-21-16-5-1-2-6-17(16)22-18/h1-2,5-6,11,13-14H,3-4,7-10,12H2,(H,21,22). The van der Waals surface area contributed by atoms with Gasteiger partial charge in [0, 0.05) is 25.7 Å². The minimum Gasteiger partial charge on any atom is -0.342 e. The van der Waals surface area contributed by atoms with Crippen LogP contribution in [0.4, 0.5) is 0 Å². The number of para-hydroxylation sites is 2. The Morgan fingerprint density at radius 2 is 2.17 bits per heavy atom. The number of imidazole rings is 1. The summed E-state index contributed by atoms with van der Waals surface area (Å²) in [6.45, 7) is 4.22. The lowest BCUT2D eigenvalue weighted by Gasteiger charge is -2.32. The molecule has 126 valence electrons. The summed E-state index contributed by atoms with van der Waals surface area (Å²) in [7, 11) is 0. The third-order valence-electron chi connectivity index (χ3n) is 4.77. The molecular weight excluding hydrogens is 322 g/mol. The van der Waals surface area contributed by atoms with E-state index in [0.29, 0.717) is 10.9 Å². The predicted octanol–water partition coefficient (Wildman–Crippen LogP) is 3.37. The fraction of sp³-hybridized carbons (Fsp3) is 0.444. The first-order chi connectivity index (χ1) is 11.8. The molecule has 1 fully saturated rings. The number of hydrogen-bond donors (Lipinski definition) is 1. The highest BCUT2D eigenvalue weighted by Crippen LogP contribution is 2.21. The van der Waals surface area contributed by atoms with Gasteiger partial charge < -0.3 is 9.88 Å². The SMILES string of the molecule is Clc1cnn(CCN2CCCC(Cc3nc4ccccc4[nH]3)C2)c1. The zero-order valence-corrected chi connectivity index (χ0v) is 14.4. The van der Waals surface area contributed by atoms with Crippen molar-refractivity contribution in [3.05, 3.63) is 47.5 Å².